The number of fused-ring (bicyclic) bond motifs is 1. The lowest BCUT2D eigenvalue weighted by Crippen LogP contribution is -2.51. The number of carbonyl (C=O) groups is 2. The Morgan fingerprint density at radius 2 is 1.83 bits per heavy atom. The van der Waals surface area contributed by atoms with Gasteiger partial charge in [-0.05, 0) is 30.2 Å². The lowest BCUT2D eigenvalue weighted by atomic mass is 9.96. The summed E-state index contributed by atoms with van der Waals surface area (Å²) in [4.78, 5) is 37.7. The first kappa shape index (κ1) is 26.0. The normalized spacial score (nSPS) is 14.9. The predicted octanol–water partition coefficient (Wildman–Crippen LogP) is 4.39. The van der Waals surface area contributed by atoms with E-state index in [9.17, 15) is 9.59 Å². The molecule has 3 N–H and O–H groups in total. The quantitative estimate of drug-likeness (QED) is 0.397. The van der Waals surface area contributed by atoms with Crippen molar-refractivity contribution in [3.05, 3.63) is 53.3 Å². The highest BCUT2D eigenvalue weighted by atomic mass is 35.5. The molecular weight excluding hydrogens is 476 g/mol. The van der Waals surface area contributed by atoms with E-state index in [-0.39, 0.29) is 23.8 Å². The number of nitrogens with one attached hydrogen (secondary N) is 3. The summed E-state index contributed by atoms with van der Waals surface area (Å²) in [7, 11) is 0. The number of piperazine rings is 1. The second-order valence-corrected chi connectivity index (χ2v) is 9.97. The van der Waals surface area contributed by atoms with Gasteiger partial charge in [0.1, 0.15) is 5.65 Å². The maximum atomic E-state index is 13.6. The highest BCUT2D eigenvalue weighted by Crippen LogP contribution is 2.33. The zero-order valence-electron chi connectivity index (χ0n) is 21.2. The second kappa shape index (κ2) is 11.8. The van der Waals surface area contributed by atoms with E-state index < -0.39 is 0 Å². The van der Waals surface area contributed by atoms with Crippen LogP contribution in [0.2, 0.25) is 5.02 Å². The van der Waals surface area contributed by atoms with Gasteiger partial charge in [-0.25, -0.2) is 4.98 Å². The van der Waals surface area contributed by atoms with Crippen molar-refractivity contribution in [2.24, 2.45) is 0 Å². The Morgan fingerprint density at radius 3 is 2.50 bits per heavy atom. The molecular formula is C27H35ClN6O2. The van der Waals surface area contributed by atoms with E-state index in [1.165, 1.54) is 0 Å². The fourth-order valence-electron chi connectivity index (χ4n) is 4.63. The van der Waals surface area contributed by atoms with Gasteiger partial charge in [0.2, 0.25) is 11.8 Å². The SMILES string of the molecule is CCCC(=O)Nc1c[nH]c2nccc(N3CCN(C(=O)[C@H](CNC(C)C)c4ccc(Cl)cc4)CC3)c12. The summed E-state index contributed by atoms with van der Waals surface area (Å²) in [5.74, 6) is -0.153. The maximum Gasteiger partial charge on any atom is 0.231 e. The summed E-state index contributed by atoms with van der Waals surface area (Å²) in [6.07, 6.45) is 4.84. The number of H-pyrrole nitrogens is 1. The van der Waals surface area contributed by atoms with Gasteiger partial charge in [-0.1, -0.05) is 44.5 Å². The average molecular weight is 511 g/mol. The number of anilines is 2. The van der Waals surface area contributed by atoms with Crippen LogP contribution >= 0.6 is 11.6 Å². The van der Waals surface area contributed by atoms with E-state index in [0.29, 0.717) is 44.2 Å². The third-order valence-electron chi connectivity index (χ3n) is 6.54. The molecule has 1 saturated heterocycles. The third-order valence-corrected chi connectivity index (χ3v) is 6.79. The molecule has 8 nitrogen and oxygen atoms in total. The summed E-state index contributed by atoms with van der Waals surface area (Å²) in [6, 6.07) is 9.83. The standard InChI is InChI=1S/C27H35ClN6O2/c1-4-5-24(35)32-22-17-31-26-25(22)23(10-11-29-26)33-12-14-34(15-13-33)27(36)21(16-30-18(2)3)19-6-8-20(28)9-7-19/h6-11,17-18,21,30H,4-5,12-16H2,1-3H3,(H,29,31)(H,32,35)/t21-/m1/s1. The molecule has 0 unspecified atom stereocenters. The monoisotopic (exact) mass is 510 g/mol. The Kier molecular flexibility index (Phi) is 8.48. The number of halogens is 1. The lowest BCUT2D eigenvalue weighted by molar-refractivity contribution is -0.133. The second-order valence-electron chi connectivity index (χ2n) is 9.53. The van der Waals surface area contributed by atoms with E-state index in [1.807, 2.05) is 42.2 Å². The summed E-state index contributed by atoms with van der Waals surface area (Å²) in [6.45, 7) is 9.36. The lowest BCUT2D eigenvalue weighted by Gasteiger charge is -2.38. The van der Waals surface area contributed by atoms with Crippen molar-refractivity contribution in [3.8, 4) is 0 Å². The van der Waals surface area contributed by atoms with E-state index in [4.69, 9.17) is 11.6 Å². The van der Waals surface area contributed by atoms with Crippen LogP contribution in [0.5, 0.6) is 0 Å². The van der Waals surface area contributed by atoms with Crippen LogP contribution in [0, 0.1) is 0 Å². The third kappa shape index (κ3) is 5.99. The molecule has 1 aliphatic rings. The molecule has 4 rings (SSSR count). The van der Waals surface area contributed by atoms with Gasteiger partial charge in [-0.3, -0.25) is 9.59 Å². The maximum absolute atomic E-state index is 13.6. The number of aromatic nitrogens is 2. The molecule has 0 aliphatic carbocycles. The van der Waals surface area contributed by atoms with Crippen molar-refractivity contribution in [2.45, 2.75) is 45.6 Å². The first-order valence-electron chi connectivity index (χ1n) is 12.7. The highest BCUT2D eigenvalue weighted by molar-refractivity contribution is 6.30. The molecule has 1 fully saturated rings. The first-order chi connectivity index (χ1) is 17.4. The van der Waals surface area contributed by atoms with Crippen LogP contribution in [0.3, 0.4) is 0 Å². The fourth-order valence-corrected chi connectivity index (χ4v) is 4.75. The summed E-state index contributed by atoms with van der Waals surface area (Å²) < 4.78 is 0. The number of nitrogens with zero attached hydrogens (tertiary/aromatic N) is 3. The molecule has 36 heavy (non-hydrogen) atoms. The van der Waals surface area contributed by atoms with Gasteiger partial charge in [0.25, 0.3) is 0 Å². The van der Waals surface area contributed by atoms with Crippen LogP contribution in [-0.2, 0) is 9.59 Å². The number of rotatable bonds is 9. The Bertz CT molecular complexity index is 1180. The molecule has 3 aromatic rings. The fraction of sp³-hybridized carbons (Fsp3) is 0.444. The summed E-state index contributed by atoms with van der Waals surface area (Å²) >= 11 is 6.09. The molecule has 1 atom stereocenters. The van der Waals surface area contributed by atoms with E-state index >= 15 is 0 Å². The van der Waals surface area contributed by atoms with Crippen LogP contribution in [0.1, 0.15) is 45.1 Å². The highest BCUT2D eigenvalue weighted by Gasteiger charge is 2.29. The molecule has 1 aliphatic heterocycles. The Balaban J connectivity index is 1.49. The summed E-state index contributed by atoms with van der Waals surface area (Å²) in [5.41, 5.74) is 3.46. The van der Waals surface area contributed by atoms with Crippen LogP contribution in [0.15, 0.2) is 42.7 Å². The Hall–Kier alpha value is -3.10. The Labute approximate surface area is 217 Å². The minimum absolute atomic E-state index is 0.00753. The van der Waals surface area contributed by atoms with Crippen molar-refractivity contribution in [2.75, 3.05) is 42.9 Å². The molecule has 9 heteroatoms. The van der Waals surface area contributed by atoms with Gasteiger partial charge >= 0.3 is 0 Å². The molecule has 0 radical (unpaired) electrons. The van der Waals surface area contributed by atoms with Crippen molar-refractivity contribution >= 4 is 45.8 Å². The smallest absolute Gasteiger partial charge is 0.231 e. The molecule has 0 spiro atoms. The van der Waals surface area contributed by atoms with Gasteiger partial charge in [0.15, 0.2) is 0 Å². The molecule has 2 amide bonds. The zero-order chi connectivity index (χ0) is 25.7. The van der Waals surface area contributed by atoms with Crippen molar-refractivity contribution in [1.82, 2.24) is 20.2 Å². The minimum Gasteiger partial charge on any atom is -0.367 e. The largest absolute Gasteiger partial charge is 0.367 e. The summed E-state index contributed by atoms with van der Waals surface area (Å²) in [5, 5.41) is 8.01. The van der Waals surface area contributed by atoms with Gasteiger partial charge in [0, 0.05) is 62.6 Å². The molecule has 3 heterocycles. The predicted molar refractivity (Wildman–Crippen MR) is 146 cm³/mol. The Morgan fingerprint density at radius 1 is 1.11 bits per heavy atom. The molecule has 1 aromatic carbocycles. The number of hydrogen-bond donors (Lipinski definition) is 3. The van der Waals surface area contributed by atoms with Gasteiger partial charge < -0.3 is 25.4 Å². The van der Waals surface area contributed by atoms with Gasteiger partial charge in [0.05, 0.1) is 22.7 Å². The topological polar surface area (TPSA) is 93.4 Å². The van der Waals surface area contributed by atoms with Crippen LogP contribution < -0.4 is 15.5 Å². The van der Waals surface area contributed by atoms with Gasteiger partial charge in [-0.2, -0.15) is 0 Å². The number of benzene rings is 1. The molecule has 0 saturated carbocycles. The number of aromatic amines is 1. The molecule has 192 valence electrons. The number of hydrogen-bond acceptors (Lipinski definition) is 5. The zero-order valence-corrected chi connectivity index (χ0v) is 21.9. The van der Waals surface area contributed by atoms with Crippen LogP contribution in [0.25, 0.3) is 11.0 Å². The number of carbonyl (C=O) groups excluding carboxylic acids is 2. The van der Waals surface area contributed by atoms with Crippen LogP contribution in [-0.4, -0.2) is 65.4 Å². The van der Waals surface area contributed by atoms with Crippen molar-refractivity contribution in [1.29, 1.82) is 0 Å². The molecule has 2 aromatic heterocycles. The average Bonchev–Trinajstić information content (AvgIpc) is 3.28. The van der Waals surface area contributed by atoms with E-state index in [0.717, 1.165) is 34.4 Å². The molecule has 0 bridgehead atoms. The number of amides is 2. The van der Waals surface area contributed by atoms with Crippen LogP contribution in [0.4, 0.5) is 11.4 Å². The van der Waals surface area contributed by atoms with Gasteiger partial charge in [-0.15, -0.1) is 0 Å². The minimum atomic E-state index is -0.270. The van der Waals surface area contributed by atoms with E-state index in [2.05, 4.69) is 39.3 Å². The number of pyridine rings is 1. The first-order valence-corrected chi connectivity index (χ1v) is 13.0. The van der Waals surface area contributed by atoms with Crippen molar-refractivity contribution in [3.63, 3.8) is 0 Å². The van der Waals surface area contributed by atoms with E-state index in [1.54, 1.807) is 12.4 Å². The van der Waals surface area contributed by atoms with Crippen molar-refractivity contribution < 1.29 is 9.59 Å².